The lowest BCUT2D eigenvalue weighted by Crippen LogP contribution is -2.19. The van der Waals surface area contributed by atoms with Crippen LogP contribution in [-0.4, -0.2) is 26.0 Å². The summed E-state index contributed by atoms with van der Waals surface area (Å²) in [6.07, 6.45) is 1.53. The molecule has 0 amide bonds. The minimum atomic E-state index is 0.212. The van der Waals surface area contributed by atoms with Crippen LogP contribution in [0.15, 0.2) is 6.07 Å². The number of hydrogen-bond acceptors (Lipinski definition) is 4. The lowest BCUT2D eigenvalue weighted by atomic mass is 9.94. The van der Waals surface area contributed by atoms with Gasteiger partial charge < -0.3 is 15.2 Å². The van der Waals surface area contributed by atoms with Gasteiger partial charge >= 0.3 is 0 Å². The fourth-order valence-electron chi connectivity index (χ4n) is 2.10. The molecular formula is C13H16ClNO3. The number of hydrogen-bond donors (Lipinski definition) is 1. The van der Waals surface area contributed by atoms with Crippen molar-refractivity contribution in [3.8, 4) is 11.5 Å². The Balaban J connectivity index is 2.53. The van der Waals surface area contributed by atoms with Crippen molar-refractivity contribution in [2.24, 2.45) is 5.73 Å². The average molecular weight is 270 g/mol. The van der Waals surface area contributed by atoms with Gasteiger partial charge in [0.2, 0.25) is 0 Å². The van der Waals surface area contributed by atoms with Crippen molar-refractivity contribution in [1.29, 1.82) is 0 Å². The Labute approximate surface area is 111 Å². The van der Waals surface area contributed by atoms with Crippen LogP contribution in [0, 0.1) is 0 Å². The average Bonchev–Trinajstić information content (AvgIpc) is 2.38. The second-order valence-corrected chi connectivity index (χ2v) is 4.72. The predicted molar refractivity (Wildman–Crippen MR) is 69.9 cm³/mol. The standard InChI is InChI=1S/C13H16ClNO3/c1-8(2-3-15)9-6-11(14)10(7-16)13-12(9)17-4-5-18-13/h6-8H,2-5,15H2,1H3. The summed E-state index contributed by atoms with van der Waals surface area (Å²) in [7, 11) is 0. The van der Waals surface area contributed by atoms with E-state index in [1.807, 2.05) is 0 Å². The number of carbonyl (C=O) groups excluding carboxylic acids is 1. The molecule has 1 aromatic rings. The van der Waals surface area contributed by atoms with Crippen molar-refractivity contribution in [2.75, 3.05) is 19.8 Å². The third-order valence-electron chi connectivity index (χ3n) is 3.08. The molecule has 1 atom stereocenters. The maximum Gasteiger partial charge on any atom is 0.173 e. The molecule has 1 heterocycles. The highest BCUT2D eigenvalue weighted by Gasteiger charge is 2.25. The van der Waals surface area contributed by atoms with Gasteiger partial charge in [-0.15, -0.1) is 0 Å². The number of nitrogens with two attached hydrogens (primary N) is 1. The molecule has 2 rings (SSSR count). The van der Waals surface area contributed by atoms with Gasteiger partial charge in [0.1, 0.15) is 13.2 Å². The first kappa shape index (κ1) is 13.2. The van der Waals surface area contributed by atoms with Crippen LogP contribution >= 0.6 is 11.6 Å². The third kappa shape index (κ3) is 2.31. The minimum Gasteiger partial charge on any atom is -0.486 e. The summed E-state index contributed by atoms with van der Waals surface area (Å²) in [6.45, 7) is 3.55. The monoisotopic (exact) mass is 269 g/mol. The molecular weight excluding hydrogens is 254 g/mol. The number of aldehydes is 1. The van der Waals surface area contributed by atoms with E-state index in [4.69, 9.17) is 26.8 Å². The van der Waals surface area contributed by atoms with Crippen LogP contribution in [0.4, 0.5) is 0 Å². The van der Waals surface area contributed by atoms with E-state index in [1.165, 1.54) is 0 Å². The first-order valence-electron chi connectivity index (χ1n) is 5.96. The Bertz CT molecular complexity index is 462. The molecule has 1 aliphatic rings. The summed E-state index contributed by atoms with van der Waals surface area (Å²) >= 11 is 6.11. The fraction of sp³-hybridized carbons (Fsp3) is 0.462. The second kappa shape index (κ2) is 5.59. The fourth-order valence-corrected chi connectivity index (χ4v) is 2.35. The van der Waals surface area contributed by atoms with Crippen LogP contribution in [0.1, 0.15) is 35.2 Å². The van der Waals surface area contributed by atoms with Crippen molar-refractivity contribution < 1.29 is 14.3 Å². The first-order chi connectivity index (χ1) is 8.69. The summed E-state index contributed by atoms with van der Waals surface area (Å²) in [5.74, 6) is 1.31. The normalized spacial score (nSPS) is 15.3. The quantitative estimate of drug-likeness (QED) is 0.853. The van der Waals surface area contributed by atoms with Crippen LogP contribution < -0.4 is 15.2 Å². The van der Waals surface area contributed by atoms with E-state index in [9.17, 15) is 4.79 Å². The zero-order valence-electron chi connectivity index (χ0n) is 10.2. The van der Waals surface area contributed by atoms with Crippen molar-refractivity contribution in [3.05, 3.63) is 22.2 Å². The SMILES string of the molecule is CC(CCN)c1cc(Cl)c(C=O)c2c1OCCO2. The summed E-state index contributed by atoms with van der Waals surface area (Å²) < 4.78 is 11.2. The Morgan fingerprint density at radius 1 is 1.44 bits per heavy atom. The van der Waals surface area contributed by atoms with Gasteiger partial charge in [-0.3, -0.25) is 4.79 Å². The number of carbonyl (C=O) groups is 1. The molecule has 0 aliphatic carbocycles. The number of fused-ring (bicyclic) bond motifs is 1. The highest BCUT2D eigenvalue weighted by Crippen LogP contribution is 2.43. The predicted octanol–water partition coefficient (Wildman–Crippen LogP) is 2.38. The summed E-state index contributed by atoms with van der Waals surface area (Å²) in [5, 5.41) is 0.396. The molecule has 1 aliphatic heterocycles. The van der Waals surface area contributed by atoms with Crippen molar-refractivity contribution in [1.82, 2.24) is 0 Å². The molecule has 18 heavy (non-hydrogen) atoms. The molecule has 4 nitrogen and oxygen atoms in total. The first-order valence-corrected chi connectivity index (χ1v) is 6.34. The number of ether oxygens (including phenoxy) is 2. The summed E-state index contributed by atoms with van der Waals surface area (Å²) in [4.78, 5) is 11.1. The third-order valence-corrected chi connectivity index (χ3v) is 3.39. The van der Waals surface area contributed by atoms with E-state index >= 15 is 0 Å². The van der Waals surface area contributed by atoms with E-state index in [1.54, 1.807) is 6.07 Å². The molecule has 98 valence electrons. The molecule has 0 fully saturated rings. The summed E-state index contributed by atoms with van der Waals surface area (Å²) in [6, 6.07) is 1.78. The minimum absolute atomic E-state index is 0.212. The Morgan fingerprint density at radius 3 is 2.72 bits per heavy atom. The van der Waals surface area contributed by atoms with Crippen LogP contribution in [0.2, 0.25) is 5.02 Å². The van der Waals surface area contributed by atoms with E-state index in [2.05, 4.69) is 6.92 Å². The molecule has 0 bridgehead atoms. The van der Waals surface area contributed by atoms with Crippen molar-refractivity contribution >= 4 is 17.9 Å². The number of benzene rings is 1. The zero-order chi connectivity index (χ0) is 13.1. The van der Waals surface area contributed by atoms with Crippen molar-refractivity contribution in [3.63, 3.8) is 0 Å². The van der Waals surface area contributed by atoms with E-state index in [0.717, 1.165) is 12.0 Å². The Morgan fingerprint density at radius 2 is 2.11 bits per heavy atom. The van der Waals surface area contributed by atoms with Gasteiger partial charge in [-0.05, 0) is 24.9 Å². The molecule has 0 aromatic heterocycles. The molecule has 1 aromatic carbocycles. The van der Waals surface area contributed by atoms with Gasteiger partial charge in [-0.2, -0.15) is 0 Å². The van der Waals surface area contributed by atoms with Crippen LogP contribution in [-0.2, 0) is 0 Å². The zero-order valence-corrected chi connectivity index (χ0v) is 11.0. The van der Waals surface area contributed by atoms with Gasteiger partial charge in [0, 0.05) is 5.56 Å². The van der Waals surface area contributed by atoms with E-state index < -0.39 is 0 Å². The Kier molecular flexibility index (Phi) is 4.09. The van der Waals surface area contributed by atoms with Gasteiger partial charge in [-0.1, -0.05) is 18.5 Å². The summed E-state index contributed by atoms with van der Waals surface area (Å²) in [5.41, 5.74) is 6.88. The molecule has 0 spiro atoms. The van der Waals surface area contributed by atoms with Crippen LogP contribution in [0.3, 0.4) is 0 Å². The van der Waals surface area contributed by atoms with Gasteiger partial charge in [-0.25, -0.2) is 0 Å². The molecule has 5 heteroatoms. The molecule has 0 radical (unpaired) electrons. The van der Waals surface area contributed by atoms with Gasteiger partial charge in [0.25, 0.3) is 0 Å². The largest absolute Gasteiger partial charge is 0.486 e. The lowest BCUT2D eigenvalue weighted by Gasteiger charge is -2.25. The number of halogens is 1. The van der Waals surface area contributed by atoms with Gasteiger partial charge in [0.05, 0.1) is 10.6 Å². The van der Waals surface area contributed by atoms with Crippen molar-refractivity contribution in [2.45, 2.75) is 19.3 Å². The Hall–Kier alpha value is -1.26. The second-order valence-electron chi connectivity index (χ2n) is 4.31. The van der Waals surface area contributed by atoms with E-state index in [0.29, 0.717) is 48.1 Å². The van der Waals surface area contributed by atoms with Crippen LogP contribution in [0.25, 0.3) is 0 Å². The molecule has 0 saturated carbocycles. The van der Waals surface area contributed by atoms with Crippen LogP contribution in [0.5, 0.6) is 11.5 Å². The highest BCUT2D eigenvalue weighted by molar-refractivity contribution is 6.33. The smallest absolute Gasteiger partial charge is 0.173 e. The maximum absolute atomic E-state index is 11.1. The topological polar surface area (TPSA) is 61.6 Å². The molecule has 2 N–H and O–H groups in total. The number of rotatable bonds is 4. The highest BCUT2D eigenvalue weighted by atomic mass is 35.5. The van der Waals surface area contributed by atoms with E-state index in [-0.39, 0.29) is 5.92 Å². The maximum atomic E-state index is 11.1. The van der Waals surface area contributed by atoms with Gasteiger partial charge in [0.15, 0.2) is 17.8 Å². The molecule has 0 saturated heterocycles. The lowest BCUT2D eigenvalue weighted by molar-refractivity contribution is 0.111. The molecule has 1 unspecified atom stereocenters.